The fraction of sp³-hybridized carbons (Fsp3) is 0.389. The van der Waals surface area contributed by atoms with Crippen LogP contribution >= 0.6 is 0 Å². The highest BCUT2D eigenvalue weighted by Gasteiger charge is 2.23. The van der Waals surface area contributed by atoms with Crippen LogP contribution in [-0.4, -0.2) is 19.7 Å². The summed E-state index contributed by atoms with van der Waals surface area (Å²) in [6.45, 7) is 2.10. The van der Waals surface area contributed by atoms with Crippen molar-refractivity contribution in [2.75, 3.05) is 5.73 Å². The summed E-state index contributed by atoms with van der Waals surface area (Å²) in [4.78, 5) is 8.65. The van der Waals surface area contributed by atoms with Gasteiger partial charge in [0.2, 0.25) is 0 Å². The van der Waals surface area contributed by atoms with Crippen molar-refractivity contribution in [2.45, 2.75) is 45.1 Å². The molecule has 1 aliphatic rings. The smallest absolute Gasteiger partial charge is 0.163 e. The molecule has 1 aromatic carbocycles. The van der Waals surface area contributed by atoms with Crippen molar-refractivity contribution in [3.63, 3.8) is 0 Å². The topological polar surface area (TPSA) is 69.6 Å². The number of anilines is 1. The Labute approximate surface area is 135 Å². The van der Waals surface area contributed by atoms with E-state index in [9.17, 15) is 0 Å². The van der Waals surface area contributed by atoms with Gasteiger partial charge in [0.1, 0.15) is 12.1 Å². The van der Waals surface area contributed by atoms with E-state index in [1.165, 1.54) is 36.8 Å². The molecule has 4 rings (SSSR count). The van der Waals surface area contributed by atoms with Crippen molar-refractivity contribution < 1.29 is 0 Å². The summed E-state index contributed by atoms with van der Waals surface area (Å²) in [5.74, 6) is 0.529. The van der Waals surface area contributed by atoms with Crippen LogP contribution in [0.3, 0.4) is 0 Å². The minimum atomic E-state index is 0.443. The van der Waals surface area contributed by atoms with Gasteiger partial charge in [0.05, 0.1) is 17.1 Å². The first-order chi connectivity index (χ1) is 11.2. The summed E-state index contributed by atoms with van der Waals surface area (Å²) >= 11 is 0. The molecule has 2 N–H and O–H groups in total. The third kappa shape index (κ3) is 2.56. The molecule has 0 atom stereocenters. The van der Waals surface area contributed by atoms with Gasteiger partial charge in [0.25, 0.3) is 0 Å². The summed E-state index contributed by atoms with van der Waals surface area (Å²) in [6.07, 6.45) is 7.17. The normalized spacial score (nSPS) is 15.5. The van der Waals surface area contributed by atoms with E-state index in [0.29, 0.717) is 11.9 Å². The molecule has 0 amide bonds. The fourth-order valence-corrected chi connectivity index (χ4v) is 3.49. The summed E-state index contributed by atoms with van der Waals surface area (Å²) in [5, 5.41) is 5.80. The number of hydrogen-bond donors (Lipinski definition) is 1. The Morgan fingerprint density at radius 1 is 1.13 bits per heavy atom. The quantitative estimate of drug-likeness (QED) is 0.805. The molecule has 23 heavy (non-hydrogen) atoms. The Bertz CT molecular complexity index is 828. The molecule has 5 nitrogen and oxygen atoms in total. The molecule has 1 saturated carbocycles. The predicted molar refractivity (Wildman–Crippen MR) is 91.2 cm³/mol. The molecule has 5 heteroatoms. The SMILES string of the molecule is Cc1ccc(Cc2nn(C3CCCC3)c3ncnc(N)c23)cc1. The second-order valence-corrected chi connectivity index (χ2v) is 6.45. The van der Waals surface area contributed by atoms with Gasteiger partial charge in [-0.2, -0.15) is 5.10 Å². The van der Waals surface area contributed by atoms with Crippen LogP contribution in [0, 0.1) is 6.92 Å². The summed E-state index contributed by atoms with van der Waals surface area (Å²) in [6, 6.07) is 9.00. The van der Waals surface area contributed by atoms with Gasteiger partial charge >= 0.3 is 0 Å². The molecule has 0 unspecified atom stereocenters. The third-order valence-corrected chi connectivity index (χ3v) is 4.75. The van der Waals surface area contributed by atoms with Gasteiger partial charge in [-0.15, -0.1) is 0 Å². The van der Waals surface area contributed by atoms with Crippen LogP contribution in [0.5, 0.6) is 0 Å². The number of nitrogens with two attached hydrogens (primary N) is 1. The summed E-state index contributed by atoms with van der Waals surface area (Å²) in [5.41, 5.74) is 10.5. The Morgan fingerprint density at radius 2 is 1.87 bits per heavy atom. The maximum atomic E-state index is 6.14. The zero-order valence-corrected chi connectivity index (χ0v) is 13.4. The second-order valence-electron chi connectivity index (χ2n) is 6.45. The highest BCUT2D eigenvalue weighted by Crippen LogP contribution is 2.33. The monoisotopic (exact) mass is 307 g/mol. The molecule has 2 aromatic heterocycles. The van der Waals surface area contributed by atoms with Gasteiger partial charge in [0, 0.05) is 6.42 Å². The average molecular weight is 307 g/mol. The highest BCUT2D eigenvalue weighted by molar-refractivity contribution is 5.88. The average Bonchev–Trinajstić information content (AvgIpc) is 3.18. The number of nitrogen functional groups attached to an aromatic ring is 1. The van der Waals surface area contributed by atoms with E-state index < -0.39 is 0 Å². The molecule has 1 fully saturated rings. The first kappa shape index (κ1) is 14.2. The molecule has 0 spiro atoms. The first-order valence-corrected chi connectivity index (χ1v) is 8.25. The van der Waals surface area contributed by atoms with Crippen LogP contribution < -0.4 is 5.73 Å². The van der Waals surface area contributed by atoms with E-state index in [1.54, 1.807) is 6.33 Å². The molecular weight excluding hydrogens is 286 g/mol. The van der Waals surface area contributed by atoms with Crippen molar-refractivity contribution in [2.24, 2.45) is 0 Å². The molecule has 0 saturated heterocycles. The largest absolute Gasteiger partial charge is 0.383 e. The van der Waals surface area contributed by atoms with Crippen molar-refractivity contribution in [1.82, 2.24) is 19.7 Å². The Morgan fingerprint density at radius 3 is 2.61 bits per heavy atom. The van der Waals surface area contributed by atoms with E-state index in [0.717, 1.165) is 23.1 Å². The number of rotatable bonds is 3. The number of hydrogen-bond acceptors (Lipinski definition) is 4. The van der Waals surface area contributed by atoms with Crippen LogP contribution in [0.15, 0.2) is 30.6 Å². The van der Waals surface area contributed by atoms with Gasteiger partial charge < -0.3 is 5.73 Å². The standard InChI is InChI=1S/C18H21N5/c1-12-6-8-13(9-7-12)10-15-16-17(19)20-11-21-18(16)23(22-15)14-4-2-3-5-14/h6-9,11,14H,2-5,10H2,1H3,(H2,19,20,21). The fourth-order valence-electron chi connectivity index (χ4n) is 3.49. The van der Waals surface area contributed by atoms with Gasteiger partial charge in [-0.3, -0.25) is 0 Å². The third-order valence-electron chi connectivity index (χ3n) is 4.75. The molecule has 0 bridgehead atoms. The molecule has 0 aliphatic heterocycles. The number of fused-ring (bicyclic) bond motifs is 1. The maximum absolute atomic E-state index is 6.14. The van der Waals surface area contributed by atoms with Crippen molar-refractivity contribution >= 4 is 16.9 Å². The van der Waals surface area contributed by atoms with Gasteiger partial charge in [0.15, 0.2) is 5.65 Å². The molecule has 0 radical (unpaired) electrons. The number of aryl methyl sites for hydroxylation is 1. The Kier molecular flexibility index (Phi) is 3.48. The molecule has 1 aliphatic carbocycles. The number of benzene rings is 1. The number of aromatic nitrogens is 4. The van der Waals surface area contributed by atoms with Crippen LogP contribution in [0.25, 0.3) is 11.0 Å². The second kappa shape index (κ2) is 5.65. The van der Waals surface area contributed by atoms with Crippen molar-refractivity contribution in [3.05, 3.63) is 47.4 Å². The van der Waals surface area contributed by atoms with Gasteiger partial charge in [-0.25, -0.2) is 14.6 Å². The number of nitrogens with zero attached hydrogens (tertiary/aromatic N) is 4. The zero-order valence-electron chi connectivity index (χ0n) is 13.4. The summed E-state index contributed by atoms with van der Waals surface area (Å²) < 4.78 is 2.09. The van der Waals surface area contributed by atoms with Gasteiger partial charge in [-0.1, -0.05) is 42.7 Å². The van der Waals surface area contributed by atoms with Crippen LogP contribution in [0.1, 0.15) is 48.5 Å². The molecule has 3 aromatic rings. The van der Waals surface area contributed by atoms with Crippen molar-refractivity contribution in [3.8, 4) is 0 Å². The lowest BCUT2D eigenvalue weighted by molar-refractivity contribution is 0.475. The minimum absolute atomic E-state index is 0.443. The van der Waals surface area contributed by atoms with E-state index in [4.69, 9.17) is 10.8 Å². The van der Waals surface area contributed by atoms with E-state index in [1.807, 2.05) is 0 Å². The highest BCUT2D eigenvalue weighted by atomic mass is 15.3. The Hall–Kier alpha value is -2.43. The van der Waals surface area contributed by atoms with E-state index in [-0.39, 0.29) is 0 Å². The van der Waals surface area contributed by atoms with E-state index in [2.05, 4.69) is 45.8 Å². The molecule has 2 heterocycles. The molecular formula is C18H21N5. The van der Waals surface area contributed by atoms with Crippen LogP contribution in [-0.2, 0) is 6.42 Å². The zero-order chi connectivity index (χ0) is 15.8. The first-order valence-electron chi connectivity index (χ1n) is 8.25. The lowest BCUT2D eigenvalue weighted by atomic mass is 10.1. The lowest BCUT2D eigenvalue weighted by Gasteiger charge is -2.10. The van der Waals surface area contributed by atoms with Crippen LogP contribution in [0.4, 0.5) is 5.82 Å². The van der Waals surface area contributed by atoms with Gasteiger partial charge in [-0.05, 0) is 25.3 Å². The van der Waals surface area contributed by atoms with Crippen LogP contribution in [0.2, 0.25) is 0 Å². The lowest BCUT2D eigenvalue weighted by Crippen LogP contribution is -2.07. The maximum Gasteiger partial charge on any atom is 0.163 e. The predicted octanol–water partition coefficient (Wildman–Crippen LogP) is 3.42. The Balaban J connectivity index is 1.80. The van der Waals surface area contributed by atoms with Crippen molar-refractivity contribution in [1.29, 1.82) is 0 Å². The molecule has 118 valence electrons. The minimum Gasteiger partial charge on any atom is -0.383 e. The summed E-state index contributed by atoms with van der Waals surface area (Å²) in [7, 11) is 0. The van der Waals surface area contributed by atoms with E-state index >= 15 is 0 Å².